The third-order valence-electron chi connectivity index (χ3n) is 3.03. The van der Waals surface area contributed by atoms with E-state index >= 15 is 0 Å². The lowest BCUT2D eigenvalue weighted by Crippen LogP contribution is -2.32. The van der Waals surface area contributed by atoms with Crippen LogP contribution in [-0.2, 0) is 16.0 Å². The molecule has 2 rings (SSSR count). The molecule has 6 nitrogen and oxygen atoms in total. The first-order chi connectivity index (χ1) is 10.5. The van der Waals surface area contributed by atoms with Crippen LogP contribution < -0.4 is 0 Å². The summed E-state index contributed by atoms with van der Waals surface area (Å²) in [7, 11) is 1.45. The van der Waals surface area contributed by atoms with E-state index < -0.39 is 5.97 Å². The van der Waals surface area contributed by atoms with Crippen molar-refractivity contribution >= 4 is 23.5 Å². The quantitative estimate of drug-likeness (QED) is 0.883. The van der Waals surface area contributed by atoms with Gasteiger partial charge in [0.25, 0.3) is 0 Å². The molecule has 0 aliphatic rings. The number of carbonyl (C=O) groups is 2. The lowest BCUT2D eigenvalue weighted by atomic mass is 10.2. The fraction of sp³-hybridized carbons (Fsp3) is 0.267. The van der Waals surface area contributed by atoms with Gasteiger partial charge in [-0.25, -0.2) is 4.98 Å². The summed E-state index contributed by atoms with van der Waals surface area (Å²) >= 11 is 5.82. The van der Waals surface area contributed by atoms with Gasteiger partial charge in [-0.2, -0.15) is 0 Å². The van der Waals surface area contributed by atoms with E-state index in [9.17, 15) is 9.59 Å². The summed E-state index contributed by atoms with van der Waals surface area (Å²) in [5.41, 5.74) is 0.845. The third-order valence-corrected chi connectivity index (χ3v) is 3.29. The number of aryl methyl sites for hydroxylation is 1. The third kappa shape index (κ3) is 4.33. The first-order valence-corrected chi connectivity index (χ1v) is 7.00. The van der Waals surface area contributed by atoms with Crippen molar-refractivity contribution in [3.63, 3.8) is 0 Å². The molecule has 0 saturated heterocycles. The number of oxazole rings is 1. The average Bonchev–Trinajstić information content (AvgIpc) is 2.93. The summed E-state index contributed by atoms with van der Waals surface area (Å²) in [5.74, 6) is -0.286. The van der Waals surface area contributed by atoms with E-state index in [-0.39, 0.29) is 18.9 Å². The predicted molar refractivity (Wildman–Crippen MR) is 80.5 cm³/mol. The van der Waals surface area contributed by atoms with Crippen LogP contribution in [0.5, 0.6) is 0 Å². The van der Waals surface area contributed by atoms with Crippen LogP contribution in [0.2, 0.25) is 5.02 Å². The number of aliphatic carboxylic acids is 1. The van der Waals surface area contributed by atoms with Crippen molar-refractivity contribution in [2.45, 2.75) is 12.8 Å². The average molecular weight is 323 g/mol. The largest absolute Gasteiger partial charge is 0.480 e. The number of aromatic nitrogens is 1. The number of rotatable bonds is 6. The van der Waals surface area contributed by atoms with Gasteiger partial charge in [0.2, 0.25) is 5.91 Å². The van der Waals surface area contributed by atoms with Crippen LogP contribution >= 0.6 is 11.6 Å². The molecule has 0 unspecified atom stereocenters. The van der Waals surface area contributed by atoms with Gasteiger partial charge in [0, 0.05) is 30.5 Å². The van der Waals surface area contributed by atoms with Crippen LogP contribution in [0.3, 0.4) is 0 Å². The highest BCUT2D eigenvalue weighted by Crippen LogP contribution is 2.22. The standard InChI is InChI=1S/C15H15ClN2O4/c1-18(9-15(20)21)14(19)7-6-13-17-8-12(22-13)10-2-4-11(16)5-3-10/h2-5,8H,6-7,9H2,1H3,(H,20,21). The second kappa shape index (κ2) is 7.09. The molecular weight excluding hydrogens is 308 g/mol. The van der Waals surface area contributed by atoms with Gasteiger partial charge in [-0.1, -0.05) is 11.6 Å². The maximum Gasteiger partial charge on any atom is 0.323 e. The smallest absolute Gasteiger partial charge is 0.323 e. The number of carbonyl (C=O) groups excluding carboxylic acids is 1. The highest BCUT2D eigenvalue weighted by Gasteiger charge is 2.14. The number of carboxylic acids is 1. The minimum absolute atomic E-state index is 0.143. The number of amides is 1. The molecule has 116 valence electrons. The number of hydrogen-bond acceptors (Lipinski definition) is 4. The maximum absolute atomic E-state index is 11.7. The molecule has 1 amide bonds. The minimum atomic E-state index is -1.04. The number of benzene rings is 1. The number of likely N-dealkylation sites (N-methyl/N-ethyl adjacent to an activating group) is 1. The molecule has 1 aromatic carbocycles. The Kier molecular flexibility index (Phi) is 5.16. The monoisotopic (exact) mass is 322 g/mol. The van der Waals surface area contributed by atoms with E-state index in [0.29, 0.717) is 23.1 Å². The minimum Gasteiger partial charge on any atom is -0.480 e. The second-order valence-electron chi connectivity index (χ2n) is 4.77. The van der Waals surface area contributed by atoms with E-state index in [1.807, 2.05) is 12.1 Å². The number of nitrogens with zero attached hydrogens (tertiary/aromatic N) is 2. The molecular formula is C15H15ClN2O4. The van der Waals surface area contributed by atoms with Crippen LogP contribution in [0.25, 0.3) is 11.3 Å². The molecule has 1 aromatic heterocycles. The van der Waals surface area contributed by atoms with Crippen molar-refractivity contribution in [3.05, 3.63) is 41.4 Å². The Labute approximate surface area is 132 Å². The van der Waals surface area contributed by atoms with Gasteiger partial charge in [0.15, 0.2) is 11.7 Å². The van der Waals surface area contributed by atoms with Gasteiger partial charge in [-0.05, 0) is 24.3 Å². The molecule has 0 saturated carbocycles. The van der Waals surface area contributed by atoms with Gasteiger partial charge in [0.05, 0.1) is 6.20 Å². The van der Waals surface area contributed by atoms with Crippen LogP contribution in [-0.4, -0.2) is 40.5 Å². The van der Waals surface area contributed by atoms with Crippen molar-refractivity contribution in [2.75, 3.05) is 13.6 Å². The Balaban J connectivity index is 1.93. The summed E-state index contributed by atoms with van der Waals surface area (Å²) in [6.45, 7) is -0.319. The summed E-state index contributed by atoms with van der Waals surface area (Å²) in [6.07, 6.45) is 2.05. The topological polar surface area (TPSA) is 83.6 Å². The molecule has 7 heteroatoms. The Bertz CT molecular complexity index is 666. The van der Waals surface area contributed by atoms with E-state index in [4.69, 9.17) is 21.1 Å². The zero-order valence-corrected chi connectivity index (χ0v) is 12.7. The van der Waals surface area contributed by atoms with E-state index in [0.717, 1.165) is 10.5 Å². The summed E-state index contributed by atoms with van der Waals surface area (Å²) < 4.78 is 5.58. The molecule has 1 heterocycles. The van der Waals surface area contributed by atoms with Crippen LogP contribution in [0, 0.1) is 0 Å². The van der Waals surface area contributed by atoms with Gasteiger partial charge in [-0.15, -0.1) is 0 Å². The fourth-order valence-electron chi connectivity index (χ4n) is 1.87. The molecule has 2 aromatic rings. The predicted octanol–water partition coefficient (Wildman–Crippen LogP) is 2.47. The molecule has 0 aliphatic heterocycles. The van der Waals surface area contributed by atoms with E-state index in [1.165, 1.54) is 7.05 Å². The molecule has 0 bridgehead atoms. The molecule has 22 heavy (non-hydrogen) atoms. The number of carboxylic acid groups (broad SMARTS) is 1. The summed E-state index contributed by atoms with van der Waals surface area (Å²) in [4.78, 5) is 27.6. The Morgan fingerprint density at radius 3 is 2.64 bits per heavy atom. The van der Waals surface area contributed by atoms with E-state index in [1.54, 1.807) is 18.3 Å². The molecule has 0 radical (unpaired) electrons. The Hall–Kier alpha value is -2.34. The molecule has 1 N–H and O–H groups in total. The lowest BCUT2D eigenvalue weighted by Gasteiger charge is -2.13. The van der Waals surface area contributed by atoms with Crippen molar-refractivity contribution in [1.29, 1.82) is 0 Å². The fourth-order valence-corrected chi connectivity index (χ4v) is 2.00. The zero-order chi connectivity index (χ0) is 16.1. The van der Waals surface area contributed by atoms with Gasteiger partial charge < -0.3 is 14.4 Å². The molecule has 0 aliphatic carbocycles. The normalized spacial score (nSPS) is 10.5. The summed E-state index contributed by atoms with van der Waals surface area (Å²) in [5, 5.41) is 9.27. The first kappa shape index (κ1) is 16.0. The van der Waals surface area contributed by atoms with Crippen molar-refractivity contribution in [2.24, 2.45) is 0 Å². The van der Waals surface area contributed by atoms with Gasteiger partial charge >= 0.3 is 5.97 Å². The SMILES string of the molecule is CN(CC(=O)O)C(=O)CCc1ncc(-c2ccc(Cl)cc2)o1. The highest BCUT2D eigenvalue weighted by molar-refractivity contribution is 6.30. The van der Waals surface area contributed by atoms with Crippen LogP contribution in [0.15, 0.2) is 34.9 Å². The van der Waals surface area contributed by atoms with Crippen LogP contribution in [0.4, 0.5) is 0 Å². The van der Waals surface area contributed by atoms with E-state index in [2.05, 4.69) is 4.98 Å². The zero-order valence-electron chi connectivity index (χ0n) is 12.0. The van der Waals surface area contributed by atoms with Crippen molar-refractivity contribution in [3.8, 4) is 11.3 Å². The second-order valence-corrected chi connectivity index (χ2v) is 5.21. The first-order valence-electron chi connectivity index (χ1n) is 6.62. The van der Waals surface area contributed by atoms with Gasteiger partial charge in [-0.3, -0.25) is 9.59 Å². The number of hydrogen-bond donors (Lipinski definition) is 1. The highest BCUT2D eigenvalue weighted by atomic mass is 35.5. The number of halogens is 1. The van der Waals surface area contributed by atoms with Gasteiger partial charge in [0.1, 0.15) is 6.54 Å². The Morgan fingerprint density at radius 1 is 1.32 bits per heavy atom. The lowest BCUT2D eigenvalue weighted by molar-refractivity contribution is -0.143. The molecule has 0 spiro atoms. The Morgan fingerprint density at radius 2 is 2.00 bits per heavy atom. The van der Waals surface area contributed by atoms with Crippen molar-refractivity contribution in [1.82, 2.24) is 9.88 Å². The molecule has 0 atom stereocenters. The summed E-state index contributed by atoms with van der Waals surface area (Å²) in [6, 6.07) is 7.14. The van der Waals surface area contributed by atoms with Crippen LogP contribution in [0.1, 0.15) is 12.3 Å². The maximum atomic E-state index is 11.7. The molecule has 0 fully saturated rings. The van der Waals surface area contributed by atoms with Crippen molar-refractivity contribution < 1.29 is 19.1 Å².